The summed E-state index contributed by atoms with van der Waals surface area (Å²) in [6.45, 7) is 1.39. The van der Waals surface area contributed by atoms with Gasteiger partial charge in [0, 0.05) is 39.3 Å². The Morgan fingerprint density at radius 1 is 1.29 bits per heavy atom. The molecule has 1 aliphatic heterocycles. The fourth-order valence-electron chi connectivity index (χ4n) is 2.28. The standard InChI is InChI=1S/C13H21N3O4S/c1-19-7-3-4-8-21(17,18)16-6-5-12-11(10-16)9-13(20-2)15-14-12/h9H,3-8,10H2,1-2H3. The van der Waals surface area contributed by atoms with Gasteiger partial charge in [-0.2, -0.15) is 9.40 Å². The number of aromatic nitrogens is 2. The van der Waals surface area contributed by atoms with E-state index in [9.17, 15) is 8.42 Å². The van der Waals surface area contributed by atoms with Crippen molar-refractivity contribution in [2.75, 3.05) is 33.1 Å². The highest BCUT2D eigenvalue weighted by Crippen LogP contribution is 2.22. The number of rotatable bonds is 7. The fourth-order valence-corrected chi connectivity index (χ4v) is 3.81. The van der Waals surface area contributed by atoms with Crippen molar-refractivity contribution in [3.8, 4) is 5.88 Å². The summed E-state index contributed by atoms with van der Waals surface area (Å²) >= 11 is 0. The van der Waals surface area contributed by atoms with Crippen LogP contribution < -0.4 is 4.74 Å². The summed E-state index contributed by atoms with van der Waals surface area (Å²) in [5, 5.41) is 7.99. The highest BCUT2D eigenvalue weighted by molar-refractivity contribution is 7.89. The first-order valence-electron chi connectivity index (χ1n) is 6.93. The zero-order chi connectivity index (χ0) is 15.3. The predicted molar refractivity (Wildman–Crippen MR) is 77.6 cm³/mol. The van der Waals surface area contributed by atoms with Gasteiger partial charge < -0.3 is 9.47 Å². The van der Waals surface area contributed by atoms with Crippen molar-refractivity contribution >= 4 is 10.0 Å². The maximum atomic E-state index is 12.3. The molecule has 0 aliphatic carbocycles. The molecule has 21 heavy (non-hydrogen) atoms. The summed E-state index contributed by atoms with van der Waals surface area (Å²) in [4.78, 5) is 0. The molecular weight excluding hydrogens is 294 g/mol. The van der Waals surface area contributed by atoms with Crippen LogP contribution >= 0.6 is 0 Å². The van der Waals surface area contributed by atoms with Crippen molar-refractivity contribution in [1.29, 1.82) is 0 Å². The summed E-state index contributed by atoms with van der Waals surface area (Å²) in [6.07, 6.45) is 1.94. The number of unbranched alkanes of at least 4 members (excludes halogenated alkanes) is 1. The molecule has 0 radical (unpaired) electrons. The maximum Gasteiger partial charge on any atom is 0.233 e. The Morgan fingerprint density at radius 3 is 2.81 bits per heavy atom. The first-order valence-corrected chi connectivity index (χ1v) is 8.54. The SMILES string of the molecule is COCCCCS(=O)(=O)N1CCc2nnc(OC)cc2C1. The zero-order valence-corrected chi connectivity index (χ0v) is 13.2. The second-order valence-corrected chi connectivity index (χ2v) is 7.05. The number of fused-ring (bicyclic) bond motifs is 1. The highest BCUT2D eigenvalue weighted by atomic mass is 32.2. The van der Waals surface area contributed by atoms with E-state index in [1.54, 1.807) is 13.2 Å². The lowest BCUT2D eigenvalue weighted by Gasteiger charge is -2.27. The molecule has 0 fully saturated rings. The molecule has 0 amide bonds. The molecule has 1 aromatic rings. The van der Waals surface area contributed by atoms with Crippen molar-refractivity contribution < 1.29 is 17.9 Å². The highest BCUT2D eigenvalue weighted by Gasteiger charge is 2.27. The molecule has 0 unspecified atom stereocenters. The number of ether oxygens (including phenoxy) is 2. The molecule has 7 nitrogen and oxygen atoms in total. The van der Waals surface area contributed by atoms with Crippen LogP contribution in [0.15, 0.2) is 6.07 Å². The third kappa shape index (κ3) is 4.12. The van der Waals surface area contributed by atoms with E-state index in [4.69, 9.17) is 9.47 Å². The van der Waals surface area contributed by atoms with Crippen LogP contribution in [0, 0.1) is 0 Å². The summed E-state index contributed by atoms with van der Waals surface area (Å²) in [5.41, 5.74) is 1.72. The lowest BCUT2D eigenvalue weighted by Crippen LogP contribution is -2.38. The number of methoxy groups -OCH3 is 2. The van der Waals surface area contributed by atoms with Crippen LogP contribution in [0.1, 0.15) is 24.1 Å². The van der Waals surface area contributed by atoms with Crippen molar-refractivity contribution in [3.05, 3.63) is 17.3 Å². The van der Waals surface area contributed by atoms with Crippen molar-refractivity contribution in [3.63, 3.8) is 0 Å². The summed E-state index contributed by atoms with van der Waals surface area (Å²) < 4.78 is 36.2. The first-order chi connectivity index (χ1) is 10.1. The van der Waals surface area contributed by atoms with Crippen molar-refractivity contribution in [2.24, 2.45) is 0 Å². The average Bonchev–Trinajstić information content (AvgIpc) is 2.50. The lowest BCUT2D eigenvalue weighted by molar-refractivity contribution is 0.194. The Morgan fingerprint density at radius 2 is 2.10 bits per heavy atom. The second-order valence-electron chi connectivity index (χ2n) is 4.96. The van der Waals surface area contributed by atoms with Crippen LogP contribution in [0.5, 0.6) is 5.88 Å². The molecule has 118 valence electrons. The van der Waals surface area contributed by atoms with Gasteiger partial charge in [-0.1, -0.05) is 0 Å². The van der Waals surface area contributed by atoms with E-state index in [-0.39, 0.29) is 5.75 Å². The number of sulfonamides is 1. The Kier molecular flexibility index (Phi) is 5.49. The van der Waals surface area contributed by atoms with E-state index < -0.39 is 10.0 Å². The monoisotopic (exact) mass is 315 g/mol. The van der Waals surface area contributed by atoms with Crippen molar-refractivity contribution in [2.45, 2.75) is 25.8 Å². The van der Waals surface area contributed by atoms with Crippen LogP contribution in [-0.4, -0.2) is 56.0 Å². The number of nitrogens with zero attached hydrogens (tertiary/aromatic N) is 3. The molecule has 1 aliphatic rings. The minimum Gasteiger partial charge on any atom is -0.480 e. The molecule has 0 bridgehead atoms. The normalized spacial score (nSPS) is 15.7. The Balaban J connectivity index is 2.02. The molecule has 0 aromatic carbocycles. The van der Waals surface area contributed by atoms with Crippen LogP contribution in [-0.2, 0) is 27.7 Å². The topological polar surface area (TPSA) is 81.6 Å². The molecule has 0 N–H and O–H groups in total. The van der Waals surface area contributed by atoms with E-state index >= 15 is 0 Å². The van der Waals surface area contributed by atoms with Gasteiger partial charge in [-0.15, -0.1) is 5.10 Å². The van der Waals surface area contributed by atoms with Crippen molar-refractivity contribution in [1.82, 2.24) is 14.5 Å². The molecule has 1 aromatic heterocycles. The molecule has 0 atom stereocenters. The van der Waals surface area contributed by atoms with Crippen LogP contribution in [0.2, 0.25) is 0 Å². The van der Waals surface area contributed by atoms with Gasteiger partial charge in [0.1, 0.15) is 0 Å². The minimum absolute atomic E-state index is 0.154. The Labute approximate surface area is 125 Å². The number of hydrogen-bond acceptors (Lipinski definition) is 6. The third-order valence-corrected chi connectivity index (χ3v) is 5.39. The summed E-state index contributed by atoms with van der Waals surface area (Å²) in [5.74, 6) is 0.564. The molecule has 8 heteroatoms. The number of hydrogen-bond donors (Lipinski definition) is 0. The molecule has 0 saturated heterocycles. The minimum atomic E-state index is -3.24. The Hall–Kier alpha value is -1.25. The molecule has 0 spiro atoms. The quantitative estimate of drug-likeness (QED) is 0.685. The van der Waals surface area contributed by atoms with Gasteiger partial charge in [0.15, 0.2) is 0 Å². The van der Waals surface area contributed by atoms with Crippen LogP contribution in [0.4, 0.5) is 0 Å². The van der Waals surface area contributed by atoms with E-state index in [1.807, 2.05) is 0 Å². The largest absolute Gasteiger partial charge is 0.480 e. The van der Waals surface area contributed by atoms with Gasteiger partial charge in [-0.25, -0.2) is 8.42 Å². The average molecular weight is 315 g/mol. The van der Waals surface area contributed by atoms with E-state index in [0.717, 1.165) is 17.7 Å². The van der Waals surface area contributed by atoms with Gasteiger partial charge in [-0.05, 0) is 18.4 Å². The van der Waals surface area contributed by atoms with Crippen LogP contribution in [0.3, 0.4) is 0 Å². The maximum absolute atomic E-state index is 12.3. The van der Waals surface area contributed by atoms with Crippen LogP contribution in [0.25, 0.3) is 0 Å². The van der Waals surface area contributed by atoms with E-state index in [2.05, 4.69) is 10.2 Å². The predicted octanol–water partition coefficient (Wildman–Crippen LogP) is 0.600. The second kappa shape index (κ2) is 7.15. The van der Waals surface area contributed by atoms with Gasteiger partial charge in [-0.3, -0.25) is 0 Å². The van der Waals surface area contributed by atoms with E-state index in [1.165, 1.54) is 11.4 Å². The van der Waals surface area contributed by atoms with Gasteiger partial charge >= 0.3 is 0 Å². The molecule has 2 heterocycles. The fraction of sp³-hybridized carbons (Fsp3) is 0.692. The van der Waals surface area contributed by atoms with E-state index in [0.29, 0.717) is 38.4 Å². The van der Waals surface area contributed by atoms with Gasteiger partial charge in [0.25, 0.3) is 0 Å². The third-order valence-electron chi connectivity index (χ3n) is 3.49. The summed E-state index contributed by atoms with van der Waals surface area (Å²) in [6, 6.07) is 1.76. The molecular formula is C13H21N3O4S. The van der Waals surface area contributed by atoms with Gasteiger partial charge in [0.2, 0.25) is 15.9 Å². The summed E-state index contributed by atoms with van der Waals surface area (Å²) in [7, 11) is -0.104. The van der Waals surface area contributed by atoms with Gasteiger partial charge in [0.05, 0.1) is 18.6 Å². The lowest BCUT2D eigenvalue weighted by atomic mass is 10.1. The first kappa shape index (κ1) is 16.1. The zero-order valence-electron chi connectivity index (χ0n) is 12.4. The molecule has 2 rings (SSSR count). The Bertz CT molecular complexity index is 577. The smallest absolute Gasteiger partial charge is 0.233 e. The molecule has 0 saturated carbocycles.